The zero-order valence-corrected chi connectivity index (χ0v) is 13.6. The highest BCUT2D eigenvalue weighted by atomic mass is 16.5. The average Bonchev–Trinajstić information content (AvgIpc) is 2.66. The summed E-state index contributed by atoms with van der Waals surface area (Å²) in [5.41, 5.74) is 3.58. The molecular weight excluding hydrogens is 292 g/mol. The first-order chi connectivity index (χ1) is 11.9. The number of fused-ring (bicyclic) bond motifs is 3. The van der Waals surface area contributed by atoms with E-state index in [2.05, 4.69) is 72.8 Å². The third-order valence-electron chi connectivity index (χ3n) is 4.40. The van der Waals surface area contributed by atoms with Crippen LogP contribution in [0.15, 0.2) is 85.1 Å². The highest BCUT2D eigenvalue weighted by Gasteiger charge is 2.05. The van der Waals surface area contributed by atoms with Crippen LogP contribution in [0.5, 0.6) is 0 Å². The van der Waals surface area contributed by atoms with Gasteiger partial charge in [0.05, 0.1) is 13.4 Å². The Morgan fingerprint density at radius 1 is 0.708 bits per heavy atom. The second-order valence-electron chi connectivity index (χ2n) is 5.85. The van der Waals surface area contributed by atoms with Gasteiger partial charge in [0.1, 0.15) is 0 Å². The average molecular weight is 310 g/mol. The van der Waals surface area contributed by atoms with Gasteiger partial charge in [-0.1, -0.05) is 72.8 Å². The standard InChI is InChI=1S/C23H18O/c1-24-15-14-18-7-2-4-8-21(18)19-12-13-23-20(16-19)11-10-17-6-3-5-9-22(17)23/h2-16H,1H3/b15-14+. The van der Waals surface area contributed by atoms with Gasteiger partial charge in [0.15, 0.2) is 0 Å². The highest BCUT2D eigenvalue weighted by molar-refractivity contribution is 6.08. The van der Waals surface area contributed by atoms with Gasteiger partial charge in [0.2, 0.25) is 0 Å². The Hall–Kier alpha value is -3.06. The molecule has 0 spiro atoms. The number of ether oxygens (including phenoxy) is 1. The lowest BCUT2D eigenvalue weighted by Crippen LogP contribution is -1.85. The Morgan fingerprint density at radius 2 is 1.46 bits per heavy atom. The van der Waals surface area contributed by atoms with E-state index in [1.165, 1.54) is 32.7 Å². The molecule has 4 aromatic rings. The quantitative estimate of drug-likeness (QED) is 0.320. The van der Waals surface area contributed by atoms with Gasteiger partial charge >= 0.3 is 0 Å². The summed E-state index contributed by atoms with van der Waals surface area (Å²) in [4.78, 5) is 0. The maximum atomic E-state index is 5.07. The number of methoxy groups -OCH3 is 1. The summed E-state index contributed by atoms with van der Waals surface area (Å²) in [5.74, 6) is 0. The molecule has 0 heterocycles. The molecule has 116 valence electrons. The van der Waals surface area contributed by atoms with Crippen LogP contribution in [0.1, 0.15) is 5.56 Å². The largest absolute Gasteiger partial charge is 0.504 e. The van der Waals surface area contributed by atoms with Gasteiger partial charge in [-0.2, -0.15) is 0 Å². The van der Waals surface area contributed by atoms with Crippen molar-refractivity contribution in [2.75, 3.05) is 7.11 Å². The van der Waals surface area contributed by atoms with Crippen molar-refractivity contribution in [3.63, 3.8) is 0 Å². The topological polar surface area (TPSA) is 9.23 Å². The molecule has 0 aliphatic heterocycles. The SMILES string of the molecule is CO/C=C/c1ccccc1-c1ccc2c(ccc3ccccc32)c1. The van der Waals surface area contributed by atoms with Crippen LogP contribution < -0.4 is 0 Å². The second kappa shape index (κ2) is 6.21. The van der Waals surface area contributed by atoms with Gasteiger partial charge in [-0.15, -0.1) is 0 Å². The summed E-state index contributed by atoms with van der Waals surface area (Å²) in [6, 6.07) is 28.0. The van der Waals surface area contributed by atoms with Gasteiger partial charge in [-0.25, -0.2) is 0 Å². The molecule has 0 aromatic heterocycles. The predicted octanol–water partition coefficient (Wildman–Crippen LogP) is 6.28. The molecule has 0 radical (unpaired) electrons. The van der Waals surface area contributed by atoms with Crippen molar-refractivity contribution in [1.82, 2.24) is 0 Å². The number of hydrogen-bond acceptors (Lipinski definition) is 1. The summed E-state index contributed by atoms with van der Waals surface area (Å²) >= 11 is 0. The van der Waals surface area contributed by atoms with Crippen LogP contribution in [0.4, 0.5) is 0 Å². The van der Waals surface area contributed by atoms with Crippen LogP contribution in [-0.4, -0.2) is 7.11 Å². The molecule has 0 aliphatic carbocycles. The van der Waals surface area contributed by atoms with Crippen LogP contribution >= 0.6 is 0 Å². The summed E-state index contributed by atoms with van der Waals surface area (Å²) in [7, 11) is 1.67. The molecule has 4 rings (SSSR count). The molecule has 0 atom stereocenters. The summed E-state index contributed by atoms with van der Waals surface area (Å²) < 4.78 is 5.07. The number of rotatable bonds is 3. The second-order valence-corrected chi connectivity index (χ2v) is 5.85. The first-order valence-corrected chi connectivity index (χ1v) is 8.07. The van der Waals surface area contributed by atoms with Crippen molar-refractivity contribution < 1.29 is 4.74 Å². The molecule has 0 saturated heterocycles. The van der Waals surface area contributed by atoms with Crippen molar-refractivity contribution in [3.05, 3.63) is 90.7 Å². The van der Waals surface area contributed by atoms with Gasteiger partial charge in [0.25, 0.3) is 0 Å². The van der Waals surface area contributed by atoms with E-state index in [4.69, 9.17) is 4.74 Å². The minimum atomic E-state index is 1.15. The van der Waals surface area contributed by atoms with E-state index in [-0.39, 0.29) is 0 Å². The molecule has 0 N–H and O–H groups in total. The maximum Gasteiger partial charge on any atom is 0.0830 e. The molecule has 0 aliphatic rings. The van der Waals surface area contributed by atoms with E-state index in [9.17, 15) is 0 Å². The van der Waals surface area contributed by atoms with Crippen molar-refractivity contribution in [2.24, 2.45) is 0 Å². The van der Waals surface area contributed by atoms with Crippen LogP contribution in [-0.2, 0) is 4.74 Å². The van der Waals surface area contributed by atoms with Crippen LogP contribution in [0.25, 0.3) is 38.7 Å². The van der Waals surface area contributed by atoms with Gasteiger partial charge in [-0.05, 0) is 50.4 Å². The van der Waals surface area contributed by atoms with Crippen LogP contribution in [0, 0.1) is 0 Å². The zero-order valence-electron chi connectivity index (χ0n) is 13.6. The fraction of sp³-hybridized carbons (Fsp3) is 0.0435. The van der Waals surface area contributed by atoms with Gasteiger partial charge in [-0.3, -0.25) is 0 Å². The smallest absolute Gasteiger partial charge is 0.0830 e. The molecule has 0 unspecified atom stereocenters. The van der Waals surface area contributed by atoms with Crippen molar-refractivity contribution in [1.29, 1.82) is 0 Å². The van der Waals surface area contributed by atoms with Crippen LogP contribution in [0.2, 0.25) is 0 Å². The van der Waals surface area contributed by atoms with E-state index in [1.807, 2.05) is 12.1 Å². The molecule has 0 amide bonds. The van der Waals surface area contributed by atoms with E-state index in [1.54, 1.807) is 13.4 Å². The van der Waals surface area contributed by atoms with Gasteiger partial charge < -0.3 is 4.74 Å². The lowest BCUT2D eigenvalue weighted by molar-refractivity contribution is 0.341. The Labute approximate surface area is 141 Å². The molecule has 0 fully saturated rings. The predicted molar refractivity (Wildman–Crippen MR) is 103 cm³/mol. The maximum absolute atomic E-state index is 5.07. The summed E-state index contributed by atoms with van der Waals surface area (Å²) in [6.45, 7) is 0. The molecule has 0 bridgehead atoms. The first kappa shape index (κ1) is 14.5. The molecule has 4 aromatic carbocycles. The lowest BCUT2D eigenvalue weighted by Gasteiger charge is -2.09. The Bertz CT molecular complexity index is 1040. The Kier molecular flexibility index (Phi) is 3.76. The van der Waals surface area contributed by atoms with Crippen molar-refractivity contribution >= 4 is 27.6 Å². The lowest BCUT2D eigenvalue weighted by atomic mass is 9.95. The zero-order chi connectivity index (χ0) is 16.4. The van der Waals surface area contributed by atoms with E-state index < -0.39 is 0 Å². The van der Waals surface area contributed by atoms with Crippen molar-refractivity contribution in [3.8, 4) is 11.1 Å². The van der Waals surface area contributed by atoms with E-state index in [0.29, 0.717) is 0 Å². The third kappa shape index (κ3) is 2.55. The fourth-order valence-electron chi connectivity index (χ4n) is 3.23. The molecule has 1 nitrogen and oxygen atoms in total. The Morgan fingerprint density at radius 3 is 2.38 bits per heavy atom. The number of benzene rings is 4. The van der Waals surface area contributed by atoms with E-state index in [0.717, 1.165) is 5.56 Å². The minimum Gasteiger partial charge on any atom is -0.504 e. The van der Waals surface area contributed by atoms with E-state index >= 15 is 0 Å². The third-order valence-corrected chi connectivity index (χ3v) is 4.40. The summed E-state index contributed by atoms with van der Waals surface area (Å²) in [5, 5.41) is 5.13. The first-order valence-electron chi connectivity index (χ1n) is 8.07. The molecule has 0 saturated carbocycles. The molecule has 1 heteroatoms. The normalized spacial score (nSPS) is 11.4. The van der Waals surface area contributed by atoms with Crippen molar-refractivity contribution in [2.45, 2.75) is 0 Å². The molecular formula is C23H18O. The highest BCUT2D eigenvalue weighted by Crippen LogP contribution is 2.31. The monoisotopic (exact) mass is 310 g/mol. The number of hydrogen-bond donors (Lipinski definition) is 0. The summed E-state index contributed by atoms with van der Waals surface area (Å²) in [6.07, 6.45) is 3.72. The van der Waals surface area contributed by atoms with Gasteiger partial charge in [0, 0.05) is 0 Å². The minimum absolute atomic E-state index is 1.15. The van der Waals surface area contributed by atoms with Crippen LogP contribution in [0.3, 0.4) is 0 Å². The fourth-order valence-corrected chi connectivity index (χ4v) is 3.23. The Balaban J connectivity index is 1.90. The molecule has 24 heavy (non-hydrogen) atoms.